The van der Waals surface area contributed by atoms with Gasteiger partial charge >= 0.3 is 11.9 Å². The zero-order chi connectivity index (χ0) is 24.5. The molecule has 2 N–H and O–H groups in total. The Bertz CT molecular complexity index is 1140. The van der Waals surface area contributed by atoms with E-state index in [1.165, 1.54) is 36.4 Å². The van der Waals surface area contributed by atoms with Gasteiger partial charge in [-0.3, -0.25) is 0 Å². The number of hydrogen-bond donors (Lipinski definition) is 2. The smallest absolute Gasteiger partial charge is 0.365 e. The van der Waals surface area contributed by atoms with Crippen molar-refractivity contribution in [3.8, 4) is 11.5 Å². The standard InChI is InChI=1S/C26H24N2O6/c1-3-21(19-9-5-7-11-23(19)29)27-33-25(31)17-13-15-18(16-14-17)26(32)34-28-22(4-2)20-10-6-8-12-24(20)30/h5-16,29-30H,3-4H2,1-2H3/b27-21-,28-22-. The number of carbonyl (C=O) groups is 2. The number of phenolic OH excluding ortho intramolecular Hbond substituents is 2. The number of benzene rings is 3. The fourth-order valence-corrected chi connectivity index (χ4v) is 3.08. The molecule has 0 spiro atoms. The second-order valence-electron chi connectivity index (χ2n) is 7.15. The van der Waals surface area contributed by atoms with Gasteiger partial charge in [-0.25, -0.2) is 9.59 Å². The lowest BCUT2D eigenvalue weighted by Crippen LogP contribution is -2.08. The molecule has 3 aromatic rings. The van der Waals surface area contributed by atoms with Gasteiger partial charge in [0.25, 0.3) is 0 Å². The molecule has 3 rings (SSSR count). The Balaban J connectivity index is 1.67. The highest BCUT2D eigenvalue weighted by Gasteiger charge is 2.14. The van der Waals surface area contributed by atoms with Crippen molar-refractivity contribution < 1.29 is 29.5 Å². The molecular formula is C26H24N2O6. The molecule has 0 saturated carbocycles. The molecule has 3 aromatic carbocycles. The first-order chi connectivity index (χ1) is 16.4. The van der Waals surface area contributed by atoms with Gasteiger partial charge in [-0.1, -0.05) is 48.4 Å². The van der Waals surface area contributed by atoms with E-state index in [9.17, 15) is 19.8 Å². The van der Waals surface area contributed by atoms with E-state index >= 15 is 0 Å². The summed E-state index contributed by atoms with van der Waals surface area (Å²) in [4.78, 5) is 34.7. The molecule has 0 aliphatic carbocycles. The van der Waals surface area contributed by atoms with Crippen molar-refractivity contribution in [3.63, 3.8) is 0 Å². The average Bonchev–Trinajstić information content (AvgIpc) is 2.86. The van der Waals surface area contributed by atoms with Crippen LogP contribution in [0.3, 0.4) is 0 Å². The Morgan fingerprint density at radius 2 is 1.00 bits per heavy atom. The minimum absolute atomic E-state index is 0.0402. The van der Waals surface area contributed by atoms with Crippen molar-refractivity contribution in [2.75, 3.05) is 0 Å². The minimum Gasteiger partial charge on any atom is -0.507 e. The first-order valence-electron chi connectivity index (χ1n) is 10.7. The van der Waals surface area contributed by atoms with Crippen LogP contribution in [0.4, 0.5) is 0 Å². The third-order valence-electron chi connectivity index (χ3n) is 4.93. The second kappa shape index (κ2) is 11.4. The Morgan fingerprint density at radius 1 is 0.647 bits per heavy atom. The lowest BCUT2D eigenvalue weighted by molar-refractivity contribution is 0.0502. The maximum absolute atomic E-state index is 12.4. The van der Waals surface area contributed by atoms with E-state index in [1.54, 1.807) is 36.4 Å². The summed E-state index contributed by atoms with van der Waals surface area (Å²) in [5.74, 6) is -1.35. The molecule has 174 valence electrons. The highest BCUT2D eigenvalue weighted by Crippen LogP contribution is 2.20. The molecule has 8 heteroatoms. The van der Waals surface area contributed by atoms with E-state index in [-0.39, 0.29) is 22.6 Å². The molecule has 0 aromatic heterocycles. The SMILES string of the molecule is CC/C(=N/OC(=O)c1ccc(C(=O)O/N=C(/CC)c2ccccc2O)cc1)c1ccccc1O. The Kier molecular flexibility index (Phi) is 8.12. The summed E-state index contributed by atoms with van der Waals surface area (Å²) in [5.41, 5.74) is 2.15. The monoisotopic (exact) mass is 460 g/mol. The van der Waals surface area contributed by atoms with Crippen LogP contribution in [0, 0.1) is 0 Å². The summed E-state index contributed by atoms with van der Waals surface area (Å²) < 4.78 is 0. The predicted octanol–water partition coefficient (Wildman–Crippen LogP) is 5.04. The molecule has 0 heterocycles. The Labute approximate surface area is 196 Å². The zero-order valence-electron chi connectivity index (χ0n) is 18.8. The van der Waals surface area contributed by atoms with Crippen LogP contribution in [0.1, 0.15) is 58.5 Å². The van der Waals surface area contributed by atoms with Crippen LogP contribution >= 0.6 is 0 Å². The number of phenols is 2. The molecular weight excluding hydrogens is 436 g/mol. The lowest BCUT2D eigenvalue weighted by Gasteiger charge is -2.07. The summed E-state index contributed by atoms with van der Waals surface area (Å²) in [5, 5.41) is 27.7. The predicted molar refractivity (Wildman–Crippen MR) is 127 cm³/mol. The molecule has 0 aliphatic rings. The van der Waals surface area contributed by atoms with E-state index in [0.717, 1.165) is 0 Å². The normalized spacial score (nSPS) is 11.7. The van der Waals surface area contributed by atoms with E-state index in [4.69, 9.17) is 9.68 Å². The minimum atomic E-state index is -0.716. The Hall–Kier alpha value is -4.46. The second-order valence-corrected chi connectivity index (χ2v) is 7.15. The number of rotatable bonds is 8. The lowest BCUT2D eigenvalue weighted by atomic mass is 10.1. The van der Waals surface area contributed by atoms with Gasteiger partial charge in [0.05, 0.1) is 22.6 Å². The highest BCUT2D eigenvalue weighted by molar-refractivity contribution is 6.03. The molecule has 0 fully saturated rings. The molecule has 8 nitrogen and oxygen atoms in total. The molecule has 34 heavy (non-hydrogen) atoms. The van der Waals surface area contributed by atoms with E-state index in [0.29, 0.717) is 35.4 Å². The molecule has 0 saturated heterocycles. The molecule has 0 aliphatic heterocycles. The van der Waals surface area contributed by atoms with Gasteiger partial charge in [0, 0.05) is 11.1 Å². The van der Waals surface area contributed by atoms with Gasteiger partial charge in [0.15, 0.2) is 0 Å². The van der Waals surface area contributed by atoms with Crippen molar-refractivity contribution in [3.05, 3.63) is 95.1 Å². The first kappa shape index (κ1) is 24.2. The molecule has 0 radical (unpaired) electrons. The van der Waals surface area contributed by atoms with E-state index in [1.807, 2.05) is 13.8 Å². The fraction of sp³-hybridized carbons (Fsp3) is 0.154. The van der Waals surface area contributed by atoms with Crippen LogP contribution in [0.2, 0.25) is 0 Å². The van der Waals surface area contributed by atoms with Gasteiger partial charge in [-0.2, -0.15) is 0 Å². The summed E-state index contributed by atoms with van der Waals surface area (Å²) in [6, 6.07) is 18.9. The van der Waals surface area contributed by atoms with Crippen LogP contribution in [-0.2, 0) is 9.68 Å². The maximum Gasteiger partial charge on any atom is 0.365 e. The largest absolute Gasteiger partial charge is 0.507 e. The third kappa shape index (κ3) is 5.86. The number of para-hydroxylation sites is 2. The number of hydrogen-bond acceptors (Lipinski definition) is 8. The number of aromatic hydroxyl groups is 2. The number of oxime groups is 2. The maximum atomic E-state index is 12.4. The van der Waals surface area contributed by atoms with Crippen LogP contribution < -0.4 is 0 Å². The number of nitrogens with zero attached hydrogens (tertiary/aromatic N) is 2. The average molecular weight is 460 g/mol. The fourth-order valence-electron chi connectivity index (χ4n) is 3.08. The number of carbonyl (C=O) groups excluding carboxylic acids is 2. The summed E-state index contributed by atoms with van der Waals surface area (Å²) >= 11 is 0. The van der Waals surface area contributed by atoms with Crippen LogP contribution in [0.15, 0.2) is 83.1 Å². The molecule has 0 atom stereocenters. The van der Waals surface area contributed by atoms with Gasteiger partial charge in [0.2, 0.25) is 0 Å². The zero-order valence-corrected chi connectivity index (χ0v) is 18.8. The molecule has 0 unspecified atom stereocenters. The quantitative estimate of drug-likeness (QED) is 0.276. The van der Waals surface area contributed by atoms with Gasteiger partial charge in [-0.15, -0.1) is 0 Å². The van der Waals surface area contributed by atoms with Crippen LogP contribution in [0.5, 0.6) is 11.5 Å². The first-order valence-corrected chi connectivity index (χ1v) is 10.7. The summed E-state index contributed by atoms with van der Waals surface area (Å²) in [6.45, 7) is 3.65. The Morgan fingerprint density at radius 3 is 1.32 bits per heavy atom. The van der Waals surface area contributed by atoms with E-state index < -0.39 is 11.9 Å². The van der Waals surface area contributed by atoms with Crippen molar-refractivity contribution in [1.82, 2.24) is 0 Å². The van der Waals surface area contributed by atoms with Crippen molar-refractivity contribution in [2.45, 2.75) is 26.7 Å². The molecule has 0 amide bonds. The van der Waals surface area contributed by atoms with Gasteiger partial charge < -0.3 is 19.9 Å². The van der Waals surface area contributed by atoms with Crippen LogP contribution in [0.25, 0.3) is 0 Å². The van der Waals surface area contributed by atoms with Crippen molar-refractivity contribution in [2.24, 2.45) is 10.3 Å². The topological polar surface area (TPSA) is 118 Å². The van der Waals surface area contributed by atoms with Crippen molar-refractivity contribution >= 4 is 23.4 Å². The summed E-state index contributed by atoms with van der Waals surface area (Å²) in [7, 11) is 0. The van der Waals surface area contributed by atoms with Crippen LogP contribution in [-0.4, -0.2) is 33.6 Å². The summed E-state index contributed by atoms with van der Waals surface area (Å²) in [6.07, 6.45) is 0.882. The van der Waals surface area contributed by atoms with E-state index in [2.05, 4.69) is 10.3 Å². The van der Waals surface area contributed by atoms with Gasteiger partial charge in [0.1, 0.15) is 11.5 Å². The van der Waals surface area contributed by atoms with Crippen molar-refractivity contribution in [1.29, 1.82) is 0 Å². The third-order valence-corrected chi connectivity index (χ3v) is 4.93. The van der Waals surface area contributed by atoms with Gasteiger partial charge in [-0.05, 0) is 61.4 Å². The highest BCUT2D eigenvalue weighted by atomic mass is 16.7. The molecule has 0 bridgehead atoms.